The number of aryl methyl sites for hydroxylation is 1. The molecule has 10 heavy (non-hydrogen) atoms. The minimum absolute atomic E-state index is 0.0237. The highest BCUT2D eigenvalue weighted by Crippen LogP contribution is 2.05. The maximum Gasteiger partial charge on any atom is 0.331 e. The molecule has 1 heterocycles. The zero-order valence-corrected chi connectivity index (χ0v) is 7.00. The molecule has 0 spiro atoms. The molecule has 1 aromatic rings. The predicted octanol–water partition coefficient (Wildman–Crippen LogP) is 0.245. The zero-order valence-electron chi connectivity index (χ0n) is 5.41. The minimum atomic E-state index is -0.227. The van der Waals surface area contributed by atoms with Crippen molar-refractivity contribution in [2.45, 2.75) is 5.45 Å². The number of hydrogen-bond acceptors (Lipinski definition) is 2. The maximum atomic E-state index is 11.0. The Labute approximate surface area is 65.8 Å². The van der Waals surface area contributed by atoms with Crippen molar-refractivity contribution < 1.29 is 5.11 Å². The lowest BCUT2D eigenvalue weighted by molar-refractivity contribution is 0.429. The minimum Gasteiger partial charge on any atom is -0.493 e. The van der Waals surface area contributed by atoms with E-state index in [4.69, 9.17) is 5.11 Å². The van der Waals surface area contributed by atoms with Crippen molar-refractivity contribution in [2.75, 3.05) is 0 Å². The summed E-state index contributed by atoms with van der Waals surface area (Å²) in [6, 6.07) is 0. The predicted molar refractivity (Wildman–Crippen MR) is 40.3 cm³/mol. The molecule has 0 aromatic carbocycles. The van der Waals surface area contributed by atoms with Gasteiger partial charge in [0.05, 0.1) is 11.7 Å². The largest absolute Gasteiger partial charge is 0.493 e. The molecule has 0 bridgehead atoms. The summed E-state index contributed by atoms with van der Waals surface area (Å²) in [4.78, 5) is 11.0. The summed E-state index contributed by atoms with van der Waals surface area (Å²) in [7, 11) is 1.58. The van der Waals surface area contributed by atoms with E-state index in [1.807, 2.05) is 0 Å². The Morgan fingerprint density at radius 1 is 1.80 bits per heavy atom. The van der Waals surface area contributed by atoms with Crippen LogP contribution in [0.5, 0.6) is 5.88 Å². The van der Waals surface area contributed by atoms with Crippen LogP contribution in [-0.4, -0.2) is 14.2 Å². The number of aromatic hydroxyl groups is 1. The molecule has 56 valence electrons. The lowest BCUT2D eigenvalue weighted by atomic mass is 10.8. The highest BCUT2D eigenvalue weighted by atomic mass is 79.9. The number of imidazole rings is 1. The van der Waals surface area contributed by atoms with Crippen LogP contribution in [0.25, 0.3) is 0 Å². The van der Waals surface area contributed by atoms with Crippen molar-refractivity contribution in [3.63, 3.8) is 0 Å². The molecule has 0 saturated heterocycles. The van der Waals surface area contributed by atoms with Gasteiger partial charge < -0.3 is 5.11 Å². The van der Waals surface area contributed by atoms with Gasteiger partial charge in [0.1, 0.15) is 0 Å². The number of hydrogen-bond donors (Lipinski definition) is 1. The molecule has 4 nitrogen and oxygen atoms in total. The number of rotatable bonds is 1. The summed E-state index contributed by atoms with van der Waals surface area (Å²) in [6.45, 7) is 0. The van der Waals surface area contributed by atoms with Crippen LogP contribution < -0.4 is 5.69 Å². The van der Waals surface area contributed by atoms with Crippen LogP contribution in [0.2, 0.25) is 0 Å². The van der Waals surface area contributed by atoms with Crippen LogP contribution in [0.3, 0.4) is 0 Å². The summed E-state index contributed by atoms with van der Waals surface area (Å²) in [5, 5.41) is 9.02. The van der Waals surface area contributed by atoms with E-state index in [-0.39, 0.29) is 11.6 Å². The van der Waals surface area contributed by atoms with E-state index in [2.05, 4.69) is 15.9 Å². The number of nitrogens with zero attached hydrogens (tertiary/aromatic N) is 2. The monoisotopic (exact) mass is 206 g/mol. The van der Waals surface area contributed by atoms with E-state index in [1.165, 1.54) is 15.3 Å². The van der Waals surface area contributed by atoms with Crippen LogP contribution in [0.1, 0.15) is 0 Å². The average Bonchev–Trinajstić information content (AvgIpc) is 2.09. The Morgan fingerprint density at radius 3 is 2.60 bits per heavy atom. The Morgan fingerprint density at radius 2 is 2.40 bits per heavy atom. The first-order chi connectivity index (χ1) is 4.66. The van der Waals surface area contributed by atoms with Gasteiger partial charge in [-0.25, -0.2) is 4.79 Å². The van der Waals surface area contributed by atoms with E-state index in [1.54, 1.807) is 7.05 Å². The highest BCUT2D eigenvalue weighted by molar-refractivity contribution is 9.08. The molecule has 0 amide bonds. The lowest BCUT2D eigenvalue weighted by Crippen LogP contribution is -2.20. The van der Waals surface area contributed by atoms with Crippen molar-refractivity contribution >= 4 is 15.9 Å². The van der Waals surface area contributed by atoms with Gasteiger partial charge in [-0.2, -0.15) is 0 Å². The van der Waals surface area contributed by atoms with E-state index >= 15 is 0 Å². The van der Waals surface area contributed by atoms with Crippen LogP contribution in [0.4, 0.5) is 0 Å². The molecule has 1 N–H and O–H groups in total. The molecule has 0 aliphatic carbocycles. The summed E-state index contributed by atoms with van der Waals surface area (Å²) in [6.07, 6.45) is 1.36. The smallest absolute Gasteiger partial charge is 0.331 e. The molecule has 0 aliphatic heterocycles. The molecule has 1 rings (SSSR count). The van der Waals surface area contributed by atoms with Gasteiger partial charge in [0.2, 0.25) is 5.88 Å². The van der Waals surface area contributed by atoms with Crippen LogP contribution in [-0.2, 0) is 12.5 Å². The van der Waals surface area contributed by atoms with Gasteiger partial charge in [-0.05, 0) is 0 Å². The Kier molecular flexibility index (Phi) is 1.85. The molecule has 0 unspecified atom stereocenters. The zero-order chi connectivity index (χ0) is 7.72. The van der Waals surface area contributed by atoms with Crippen molar-refractivity contribution in [1.82, 2.24) is 9.13 Å². The third-order valence-corrected chi connectivity index (χ3v) is 1.74. The van der Waals surface area contributed by atoms with Crippen LogP contribution in [0.15, 0.2) is 11.0 Å². The van der Waals surface area contributed by atoms with Gasteiger partial charge in [0.25, 0.3) is 0 Å². The second-order valence-electron chi connectivity index (χ2n) is 1.93. The quantitative estimate of drug-likeness (QED) is 0.670. The van der Waals surface area contributed by atoms with E-state index in [9.17, 15) is 4.79 Å². The molecular formula is C5H7BrN2O2. The van der Waals surface area contributed by atoms with Gasteiger partial charge in [-0.1, -0.05) is 15.9 Å². The van der Waals surface area contributed by atoms with Crippen molar-refractivity contribution in [3.8, 4) is 5.88 Å². The molecule has 0 fully saturated rings. The van der Waals surface area contributed by atoms with Gasteiger partial charge in [0, 0.05) is 7.05 Å². The SMILES string of the molecule is Cn1cc(O)n(CBr)c1=O. The Hall–Kier alpha value is -0.710. The van der Waals surface area contributed by atoms with E-state index in [0.29, 0.717) is 5.45 Å². The Balaban J connectivity index is 3.34. The second kappa shape index (κ2) is 2.49. The first-order valence-corrected chi connectivity index (χ1v) is 3.80. The van der Waals surface area contributed by atoms with Crippen molar-refractivity contribution in [1.29, 1.82) is 0 Å². The number of alkyl halides is 1. The number of halogens is 1. The normalized spacial score (nSPS) is 10.2. The fourth-order valence-electron chi connectivity index (χ4n) is 0.699. The maximum absolute atomic E-state index is 11.0. The van der Waals surface area contributed by atoms with Gasteiger partial charge >= 0.3 is 5.69 Å². The van der Waals surface area contributed by atoms with E-state index < -0.39 is 0 Å². The van der Waals surface area contributed by atoms with Crippen molar-refractivity contribution in [2.24, 2.45) is 7.05 Å². The second-order valence-corrected chi connectivity index (χ2v) is 2.43. The molecule has 1 aromatic heterocycles. The summed E-state index contributed by atoms with van der Waals surface area (Å²) >= 11 is 3.06. The molecular weight excluding hydrogens is 200 g/mol. The highest BCUT2D eigenvalue weighted by Gasteiger charge is 2.04. The molecule has 0 aliphatic rings. The molecule has 5 heteroatoms. The number of aromatic nitrogens is 2. The topological polar surface area (TPSA) is 47.2 Å². The van der Waals surface area contributed by atoms with Gasteiger partial charge in [-0.3, -0.25) is 9.13 Å². The third kappa shape index (κ3) is 0.965. The molecule has 0 radical (unpaired) electrons. The van der Waals surface area contributed by atoms with Crippen LogP contribution >= 0.6 is 15.9 Å². The Bertz CT molecular complexity index is 288. The summed E-state index contributed by atoms with van der Waals surface area (Å²) < 4.78 is 2.52. The molecule has 0 atom stereocenters. The van der Waals surface area contributed by atoms with Crippen molar-refractivity contribution in [3.05, 3.63) is 16.7 Å². The fourth-order valence-corrected chi connectivity index (χ4v) is 1.17. The standard InChI is InChI=1S/C5H7BrN2O2/c1-7-2-4(9)8(3-6)5(7)10/h2,9H,3H2,1H3. The lowest BCUT2D eigenvalue weighted by Gasteiger charge is -1.92. The van der Waals surface area contributed by atoms with Crippen LogP contribution in [0, 0.1) is 0 Å². The fraction of sp³-hybridized carbons (Fsp3) is 0.400. The van der Waals surface area contributed by atoms with Gasteiger partial charge in [-0.15, -0.1) is 0 Å². The van der Waals surface area contributed by atoms with Gasteiger partial charge in [0.15, 0.2) is 0 Å². The first kappa shape index (κ1) is 7.40. The average molecular weight is 207 g/mol. The molecule has 0 saturated carbocycles. The first-order valence-electron chi connectivity index (χ1n) is 2.68. The third-order valence-electron chi connectivity index (χ3n) is 1.24. The summed E-state index contributed by atoms with van der Waals surface area (Å²) in [5.41, 5.74) is 0.0905. The summed E-state index contributed by atoms with van der Waals surface area (Å²) in [5.74, 6) is -0.0237. The van der Waals surface area contributed by atoms with E-state index in [0.717, 1.165) is 0 Å².